The van der Waals surface area contributed by atoms with Crippen molar-refractivity contribution in [3.8, 4) is 5.75 Å². The lowest BCUT2D eigenvalue weighted by molar-refractivity contribution is -0.253. The van der Waals surface area contributed by atoms with E-state index in [4.69, 9.17) is 0 Å². The summed E-state index contributed by atoms with van der Waals surface area (Å²) in [6.07, 6.45) is 2.81. The maximum Gasteiger partial charge on any atom is 0.400 e. The number of phenolic OH excluding ortho intramolecular Hbond substituents is 1. The molecule has 0 aromatic heterocycles. The molecule has 0 amide bonds. The predicted molar refractivity (Wildman–Crippen MR) is 125 cm³/mol. The molecule has 0 fully saturated rings. The molecule has 0 saturated heterocycles. The molecule has 0 unspecified atom stereocenters. The summed E-state index contributed by atoms with van der Waals surface area (Å²) >= 11 is 0. The summed E-state index contributed by atoms with van der Waals surface area (Å²) in [6.45, 7) is 2.92. The van der Waals surface area contributed by atoms with Gasteiger partial charge in [0, 0.05) is 18.7 Å². The van der Waals surface area contributed by atoms with Gasteiger partial charge in [0.15, 0.2) is 6.21 Å². The molecule has 0 radical (unpaired) electrons. The van der Waals surface area contributed by atoms with Crippen LogP contribution in [-0.2, 0) is 16.4 Å². The van der Waals surface area contributed by atoms with Gasteiger partial charge in [-0.15, -0.1) is 0 Å². The number of hydrogen-bond donors (Lipinski definition) is 2. The zero-order valence-electron chi connectivity index (χ0n) is 18.0. The number of nitrogens with one attached hydrogen (secondary N) is 1. The molecule has 0 bridgehead atoms. The van der Waals surface area contributed by atoms with Gasteiger partial charge in [0.2, 0.25) is 5.75 Å². The number of aryl methyl sites for hydroxylation is 1. The summed E-state index contributed by atoms with van der Waals surface area (Å²) in [5.74, 6) is -0.422. The second kappa shape index (κ2) is 8.12. The number of anilines is 1. The quantitative estimate of drug-likeness (QED) is 0.434. The van der Waals surface area contributed by atoms with E-state index in [1.54, 1.807) is 48.7 Å². The Kier molecular flexibility index (Phi) is 5.25. The van der Waals surface area contributed by atoms with Crippen LogP contribution in [0, 0.1) is 12.7 Å². The van der Waals surface area contributed by atoms with Gasteiger partial charge >= 0.3 is 10.0 Å². The third-order valence-electron chi connectivity index (χ3n) is 5.95. The lowest BCUT2D eigenvalue weighted by atomic mass is 10.1. The topological polar surface area (TPSA) is 81.8 Å². The minimum absolute atomic E-state index is 0.133. The molecule has 5 rings (SSSR count). The van der Waals surface area contributed by atoms with Crippen LogP contribution in [0.25, 0.3) is 5.57 Å². The predicted octanol–water partition coefficient (Wildman–Crippen LogP) is 2.79. The number of nitrogens with zero attached hydrogens (tertiary/aromatic N) is 2. The van der Waals surface area contributed by atoms with E-state index in [0.29, 0.717) is 42.2 Å². The summed E-state index contributed by atoms with van der Waals surface area (Å²) in [6, 6.07) is 14.6. The Bertz CT molecular complexity index is 1510. The number of benzene rings is 3. The smallest absolute Gasteiger partial charge is 0.400 e. The summed E-state index contributed by atoms with van der Waals surface area (Å²) < 4.78 is 41.3. The summed E-state index contributed by atoms with van der Waals surface area (Å²) in [7, 11) is -3.92. The Morgan fingerprint density at radius 1 is 1.12 bits per heavy atom. The first kappa shape index (κ1) is 21.3. The van der Waals surface area contributed by atoms with E-state index < -0.39 is 10.0 Å². The van der Waals surface area contributed by atoms with Crippen LogP contribution in [0.1, 0.15) is 17.5 Å². The lowest BCUT2D eigenvalue weighted by Gasteiger charge is -2.11. The van der Waals surface area contributed by atoms with Gasteiger partial charge in [-0.1, -0.05) is 33.8 Å². The molecule has 2 heterocycles. The minimum Gasteiger partial charge on any atom is -0.501 e. The highest BCUT2D eigenvalue weighted by atomic mass is 32.2. The zero-order valence-corrected chi connectivity index (χ0v) is 18.9. The molecule has 8 heteroatoms. The van der Waals surface area contributed by atoms with Gasteiger partial charge in [0.1, 0.15) is 10.7 Å². The number of rotatable bonds is 6. The Balaban J connectivity index is 1.52. The van der Waals surface area contributed by atoms with Crippen molar-refractivity contribution < 1.29 is 21.9 Å². The van der Waals surface area contributed by atoms with Gasteiger partial charge in [-0.05, 0) is 55.7 Å². The van der Waals surface area contributed by atoms with Crippen molar-refractivity contribution in [2.24, 2.45) is 4.99 Å². The first-order chi connectivity index (χ1) is 15.8. The van der Waals surface area contributed by atoms with Gasteiger partial charge in [-0.2, -0.15) is 8.42 Å². The number of hydrogen-bond acceptors (Lipinski definition) is 5. The minimum atomic E-state index is -3.92. The number of halogens is 1. The van der Waals surface area contributed by atoms with E-state index in [2.05, 4.69) is 10.3 Å². The van der Waals surface area contributed by atoms with Crippen LogP contribution in [0.4, 0.5) is 15.8 Å². The molecule has 2 aliphatic rings. The van der Waals surface area contributed by atoms with Crippen molar-refractivity contribution in [1.29, 1.82) is 0 Å². The van der Waals surface area contributed by atoms with Crippen molar-refractivity contribution >= 4 is 33.2 Å². The molecule has 168 valence electrons. The molecule has 0 spiro atoms. The van der Waals surface area contributed by atoms with Crippen LogP contribution in [-0.4, -0.2) is 36.8 Å². The number of phenols is 1. The molecule has 0 aliphatic carbocycles. The molecule has 0 atom stereocenters. The van der Waals surface area contributed by atoms with E-state index in [-0.39, 0.29) is 22.1 Å². The standard InChI is InChI=1S/C25H22FN3O3S/c1-16-2-8-20(9-3-16)33(31,32)29-15-18-11-13-27-21-14-22(25(30)24(29)23(18)21)28-12-10-17-4-6-19(26)7-5-17/h2-9,14-15H,10-13H2,1H3,(H,27,28)/p+1. The van der Waals surface area contributed by atoms with Gasteiger partial charge < -0.3 is 10.4 Å². The van der Waals surface area contributed by atoms with Crippen molar-refractivity contribution in [2.45, 2.75) is 24.7 Å². The van der Waals surface area contributed by atoms with E-state index in [9.17, 15) is 17.9 Å². The molecule has 3 aromatic carbocycles. The SMILES string of the molecule is Cc1ccc(S(=O)(=O)[N+]2=CC3=c4c2c(O)c(NCCc2ccc(F)cc2)cc4=NCC3)cc1. The molecule has 0 saturated carbocycles. The van der Waals surface area contributed by atoms with Crippen LogP contribution >= 0.6 is 0 Å². The van der Waals surface area contributed by atoms with Crippen LogP contribution in [0.3, 0.4) is 0 Å². The van der Waals surface area contributed by atoms with Gasteiger partial charge in [-0.3, -0.25) is 4.99 Å². The van der Waals surface area contributed by atoms with Crippen molar-refractivity contribution in [3.63, 3.8) is 0 Å². The molecule has 6 nitrogen and oxygen atoms in total. The van der Waals surface area contributed by atoms with E-state index in [0.717, 1.165) is 16.7 Å². The average Bonchev–Trinajstić information content (AvgIpc) is 3.21. The van der Waals surface area contributed by atoms with Crippen LogP contribution in [0.2, 0.25) is 0 Å². The number of sulfonamides is 1. The molecular formula is C25H23FN3O3S+. The van der Waals surface area contributed by atoms with Crippen LogP contribution < -0.4 is 15.9 Å². The molecule has 2 aliphatic heterocycles. The Morgan fingerprint density at radius 2 is 1.85 bits per heavy atom. The summed E-state index contributed by atoms with van der Waals surface area (Å²) in [5, 5.41) is 15.7. The zero-order chi connectivity index (χ0) is 23.2. The van der Waals surface area contributed by atoms with Crippen LogP contribution in [0.5, 0.6) is 5.75 Å². The fourth-order valence-corrected chi connectivity index (χ4v) is 5.59. The van der Waals surface area contributed by atoms with Crippen molar-refractivity contribution in [2.75, 3.05) is 18.4 Å². The Hall–Kier alpha value is -3.52. The lowest BCUT2D eigenvalue weighted by Crippen LogP contribution is -2.32. The summed E-state index contributed by atoms with van der Waals surface area (Å²) in [4.78, 5) is 4.72. The van der Waals surface area contributed by atoms with Crippen LogP contribution in [0.15, 0.2) is 64.5 Å². The second-order valence-electron chi connectivity index (χ2n) is 8.22. The fourth-order valence-electron chi connectivity index (χ4n) is 4.20. The highest BCUT2D eigenvalue weighted by molar-refractivity contribution is 7.85. The van der Waals surface area contributed by atoms with E-state index >= 15 is 0 Å². The maximum atomic E-state index is 13.5. The largest absolute Gasteiger partial charge is 0.501 e. The molecular weight excluding hydrogens is 441 g/mol. The van der Waals surface area contributed by atoms with E-state index in [1.165, 1.54) is 16.1 Å². The maximum absolute atomic E-state index is 13.5. The Labute approximate surface area is 191 Å². The molecule has 33 heavy (non-hydrogen) atoms. The summed E-state index contributed by atoms with van der Waals surface area (Å²) in [5.41, 5.74) is 3.40. The van der Waals surface area contributed by atoms with Crippen molar-refractivity contribution in [3.05, 3.63) is 82.1 Å². The van der Waals surface area contributed by atoms with Gasteiger partial charge in [0.05, 0.1) is 16.3 Å². The molecule has 2 N–H and O–H groups in total. The first-order valence-corrected chi connectivity index (χ1v) is 12.2. The monoisotopic (exact) mass is 464 g/mol. The first-order valence-electron chi connectivity index (χ1n) is 10.7. The fraction of sp³-hybridized carbons (Fsp3) is 0.200. The Morgan fingerprint density at radius 3 is 2.58 bits per heavy atom. The van der Waals surface area contributed by atoms with Crippen molar-refractivity contribution in [1.82, 2.24) is 0 Å². The normalized spacial score (nSPS) is 14.5. The highest BCUT2D eigenvalue weighted by Gasteiger charge is 2.39. The highest BCUT2D eigenvalue weighted by Crippen LogP contribution is 2.35. The third kappa shape index (κ3) is 3.80. The van der Waals surface area contributed by atoms with Gasteiger partial charge in [-0.25, -0.2) is 4.39 Å². The second-order valence-corrected chi connectivity index (χ2v) is 10.0. The van der Waals surface area contributed by atoms with Gasteiger partial charge in [0.25, 0.3) is 5.69 Å². The molecule has 3 aromatic rings. The third-order valence-corrected chi connectivity index (χ3v) is 7.63. The number of aromatic hydroxyl groups is 1. The average molecular weight is 465 g/mol. The van der Waals surface area contributed by atoms with E-state index in [1.807, 2.05) is 6.92 Å².